The SMILES string of the molecule is CC(C)c1cccc(C(C)C)c1OCc1ccc(C=O)o1. The number of furan rings is 1. The van der Waals surface area contributed by atoms with Crippen LogP contribution in [0.25, 0.3) is 0 Å². The highest BCUT2D eigenvalue weighted by molar-refractivity contribution is 5.70. The molecule has 0 saturated carbocycles. The number of carbonyl (C=O) groups is 1. The molecule has 0 fully saturated rings. The van der Waals surface area contributed by atoms with Crippen LogP contribution in [0.15, 0.2) is 34.7 Å². The molecule has 1 aromatic heterocycles. The Labute approximate surface area is 125 Å². The third-order valence-electron chi connectivity index (χ3n) is 3.48. The summed E-state index contributed by atoms with van der Waals surface area (Å²) in [5, 5.41) is 0. The van der Waals surface area contributed by atoms with Crippen molar-refractivity contribution in [2.75, 3.05) is 0 Å². The number of hydrogen-bond donors (Lipinski definition) is 0. The number of hydrogen-bond acceptors (Lipinski definition) is 3. The van der Waals surface area contributed by atoms with Gasteiger partial charge in [-0.25, -0.2) is 0 Å². The van der Waals surface area contributed by atoms with E-state index in [4.69, 9.17) is 9.15 Å². The van der Waals surface area contributed by atoms with Crippen LogP contribution in [-0.4, -0.2) is 6.29 Å². The minimum atomic E-state index is 0.329. The fraction of sp³-hybridized carbons (Fsp3) is 0.389. The highest BCUT2D eigenvalue weighted by atomic mass is 16.5. The van der Waals surface area contributed by atoms with E-state index in [-0.39, 0.29) is 0 Å². The predicted octanol–water partition coefficient (Wildman–Crippen LogP) is 4.92. The Morgan fingerprint density at radius 1 is 1.05 bits per heavy atom. The van der Waals surface area contributed by atoms with Crippen LogP contribution >= 0.6 is 0 Å². The molecule has 0 amide bonds. The summed E-state index contributed by atoms with van der Waals surface area (Å²) in [6, 6.07) is 9.71. The molecule has 0 radical (unpaired) electrons. The normalized spacial score (nSPS) is 11.1. The standard InChI is InChI=1S/C18H22O3/c1-12(2)16-6-5-7-17(13(3)4)18(16)20-11-15-9-8-14(10-19)21-15/h5-10,12-13H,11H2,1-4H3. The van der Waals surface area contributed by atoms with Crippen molar-refractivity contribution in [2.45, 2.75) is 46.1 Å². The van der Waals surface area contributed by atoms with E-state index in [0.29, 0.717) is 36.2 Å². The second-order valence-electron chi connectivity index (χ2n) is 5.79. The van der Waals surface area contributed by atoms with Gasteiger partial charge in [0.15, 0.2) is 12.0 Å². The molecule has 3 heteroatoms. The molecular weight excluding hydrogens is 264 g/mol. The van der Waals surface area contributed by atoms with Gasteiger partial charge < -0.3 is 9.15 Å². The molecule has 0 N–H and O–H groups in total. The monoisotopic (exact) mass is 286 g/mol. The van der Waals surface area contributed by atoms with Crippen molar-refractivity contribution in [2.24, 2.45) is 0 Å². The first-order valence-electron chi connectivity index (χ1n) is 7.32. The molecule has 0 spiro atoms. The first kappa shape index (κ1) is 15.4. The van der Waals surface area contributed by atoms with Gasteiger partial charge in [0, 0.05) is 0 Å². The van der Waals surface area contributed by atoms with Crippen molar-refractivity contribution in [3.8, 4) is 5.75 Å². The summed E-state index contributed by atoms with van der Waals surface area (Å²) in [6.45, 7) is 8.96. The maximum Gasteiger partial charge on any atom is 0.185 e. The number of carbonyl (C=O) groups excluding carboxylic acids is 1. The maximum atomic E-state index is 10.6. The molecule has 21 heavy (non-hydrogen) atoms. The van der Waals surface area contributed by atoms with Crippen LogP contribution in [0.4, 0.5) is 0 Å². The van der Waals surface area contributed by atoms with E-state index in [0.717, 1.165) is 5.75 Å². The van der Waals surface area contributed by atoms with Crippen molar-refractivity contribution in [1.29, 1.82) is 0 Å². The largest absolute Gasteiger partial charge is 0.485 e. The van der Waals surface area contributed by atoms with Crippen LogP contribution < -0.4 is 4.74 Å². The third-order valence-corrected chi connectivity index (χ3v) is 3.48. The Morgan fingerprint density at radius 3 is 2.14 bits per heavy atom. The van der Waals surface area contributed by atoms with Gasteiger partial charge in [0.05, 0.1) is 0 Å². The zero-order chi connectivity index (χ0) is 15.4. The van der Waals surface area contributed by atoms with Crippen LogP contribution in [0.2, 0.25) is 0 Å². The molecule has 0 saturated heterocycles. The lowest BCUT2D eigenvalue weighted by Gasteiger charge is -2.19. The first-order chi connectivity index (χ1) is 10.0. The molecule has 0 atom stereocenters. The van der Waals surface area contributed by atoms with Crippen LogP contribution in [-0.2, 0) is 6.61 Å². The first-order valence-corrected chi connectivity index (χ1v) is 7.32. The molecule has 0 aliphatic carbocycles. The third kappa shape index (κ3) is 3.54. The van der Waals surface area contributed by atoms with E-state index in [9.17, 15) is 4.79 Å². The quantitative estimate of drug-likeness (QED) is 0.708. The number of benzene rings is 1. The molecule has 0 aliphatic heterocycles. The Morgan fingerprint density at radius 2 is 1.67 bits per heavy atom. The molecule has 1 aromatic carbocycles. The van der Waals surface area contributed by atoms with Gasteiger partial charge in [0.2, 0.25) is 0 Å². The van der Waals surface area contributed by atoms with E-state index in [1.165, 1.54) is 11.1 Å². The van der Waals surface area contributed by atoms with Crippen LogP contribution in [0.3, 0.4) is 0 Å². The van der Waals surface area contributed by atoms with Gasteiger partial charge in [-0.2, -0.15) is 0 Å². The predicted molar refractivity (Wildman–Crippen MR) is 83.0 cm³/mol. The lowest BCUT2D eigenvalue weighted by Crippen LogP contribution is -2.04. The van der Waals surface area contributed by atoms with Crippen LogP contribution in [0.5, 0.6) is 5.75 Å². The molecule has 0 aliphatic rings. The Balaban J connectivity index is 2.26. The number of para-hydroxylation sites is 1. The number of rotatable bonds is 6. The van der Waals surface area contributed by atoms with Crippen molar-refractivity contribution < 1.29 is 13.9 Å². The second kappa shape index (κ2) is 6.61. The van der Waals surface area contributed by atoms with Crippen molar-refractivity contribution >= 4 is 6.29 Å². The van der Waals surface area contributed by atoms with Crippen molar-refractivity contribution in [1.82, 2.24) is 0 Å². The lowest BCUT2D eigenvalue weighted by atomic mass is 9.94. The van der Waals surface area contributed by atoms with Gasteiger partial charge in [-0.3, -0.25) is 4.79 Å². The number of ether oxygens (including phenoxy) is 1. The summed E-state index contributed by atoms with van der Waals surface area (Å²) in [6.07, 6.45) is 0.700. The van der Waals surface area contributed by atoms with Gasteiger partial charge in [-0.1, -0.05) is 45.9 Å². The van der Waals surface area contributed by atoms with E-state index >= 15 is 0 Å². The molecule has 0 bridgehead atoms. The zero-order valence-corrected chi connectivity index (χ0v) is 13.1. The van der Waals surface area contributed by atoms with E-state index in [2.05, 4.69) is 45.9 Å². The topological polar surface area (TPSA) is 39.4 Å². The van der Waals surface area contributed by atoms with Crippen LogP contribution in [0, 0.1) is 0 Å². The summed E-state index contributed by atoms with van der Waals surface area (Å²) in [5.41, 5.74) is 2.40. The van der Waals surface area contributed by atoms with Gasteiger partial charge in [-0.15, -0.1) is 0 Å². The molecular formula is C18H22O3. The highest BCUT2D eigenvalue weighted by Crippen LogP contribution is 2.35. The Bertz CT molecular complexity index is 582. The van der Waals surface area contributed by atoms with Crippen LogP contribution in [0.1, 0.15) is 67.0 Å². The Hall–Kier alpha value is -2.03. The maximum absolute atomic E-state index is 10.6. The average Bonchev–Trinajstić information content (AvgIpc) is 2.92. The smallest absolute Gasteiger partial charge is 0.185 e. The molecule has 1 heterocycles. The van der Waals surface area contributed by atoms with Gasteiger partial charge in [-0.05, 0) is 35.1 Å². The number of aldehydes is 1. The highest BCUT2D eigenvalue weighted by Gasteiger charge is 2.15. The van der Waals surface area contributed by atoms with Crippen molar-refractivity contribution in [3.63, 3.8) is 0 Å². The Kier molecular flexibility index (Phi) is 4.84. The average molecular weight is 286 g/mol. The van der Waals surface area contributed by atoms with Crippen molar-refractivity contribution in [3.05, 3.63) is 53.0 Å². The summed E-state index contributed by atoms with van der Waals surface area (Å²) >= 11 is 0. The molecule has 112 valence electrons. The molecule has 0 unspecified atom stereocenters. The van der Waals surface area contributed by atoms with E-state index in [1.807, 2.05) is 0 Å². The fourth-order valence-electron chi connectivity index (χ4n) is 2.33. The van der Waals surface area contributed by atoms with Gasteiger partial charge >= 0.3 is 0 Å². The van der Waals surface area contributed by atoms with Gasteiger partial charge in [0.25, 0.3) is 0 Å². The summed E-state index contributed by atoms with van der Waals surface area (Å²) in [5.74, 6) is 2.70. The molecule has 2 rings (SSSR count). The summed E-state index contributed by atoms with van der Waals surface area (Å²) < 4.78 is 11.4. The second-order valence-corrected chi connectivity index (χ2v) is 5.79. The van der Waals surface area contributed by atoms with E-state index < -0.39 is 0 Å². The minimum absolute atomic E-state index is 0.329. The minimum Gasteiger partial charge on any atom is -0.485 e. The fourth-order valence-corrected chi connectivity index (χ4v) is 2.33. The summed E-state index contributed by atoms with van der Waals surface area (Å²) in [7, 11) is 0. The zero-order valence-electron chi connectivity index (χ0n) is 13.1. The summed E-state index contributed by atoms with van der Waals surface area (Å²) in [4.78, 5) is 10.6. The molecule has 2 aromatic rings. The van der Waals surface area contributed by atoms with E-state index in [1.54, 1.807) is 12.1 Å². The lowest BCUT2D eigenvalue weighted by molar-refractivity contribution is 0.109. The molecule has 3 nitrogen and oxygen atoms in total. The van der Waals surface area contributed by atoms with Gasteiger partial charge in [0.1, 0.15) is 18.1 Å².